The van der Waals surface area contributed by atoms with Crippen molar-refractivity contribution in [3.63, 3.8) is 0 Å². The summed E-state index contributed by atoms with van der Waals surface area (Å²) in [4.78, 5) is 33.3. The van der Waals surface area contributed by atoms with Crippen LogP contribution in [0, 0.1) is 18.6 Å². The van der Waals surface area contributed by atoms with Crippen LogP contribution in [0.4, 0.5) is 27.6 Å². The molecule has 8 nitrogen and oxygen atoms in total. The largest absolute Gasteiger partial charge is 0.493 e. The van der Waals surface area contributed by atoms with Crippen LogP contribution in [-0.2, 0) is 11.0 Å². The molecule has 1 amide bonds. The fourth-order valence-corrected chi connectivity index (χ4v) is 3.90. The molecule has 1 N–H and O–H groups in total. The van der Waals surface area contributed by atoms with E-state index in [0.717, 1.165) is 12.1 Å². The second-order valence-corrected chi connectivity index (χ2v) is 8.55. The van der Waals surface area contributed by atoms with E-state index >= 15 is 0 Å². The lowest BCUT2D eigenvalue weighted by Gasteiger charge is -2.13. The number of anilines is 1. The Kier molecular flexibility index (Phi) is 7.78. The van der Waals surface area contributed by atoms with Gasteiger partial charge in [0.25, 0.3) is 11.7 Å². The Morgan fingerprint density at radius 2 is 1.55 bits per heavy atom. The van der Waals surface area contributed by atoms with Crippen LogP contribution in [0.2, 0.25) is 5.02 Å². The Bertz CT molecular complexity index is 1640. The smallest absolute Gasteiger partial charge is 0.417 e. The lowest BCUT2D eigenvalue weighted by Crippen LogP contribution is -2.25. The van der Waals surface area contributed by atoms with Crippen molar-refractivity contribution in [3.8, 4) is 23.1 Å². The number of ketones is 1. The van der Waals surface area contributed by atoms with Gasteiger partial charge < -0.3 is 19.5 Å². The van der Waals surface area contributed by atoms with Gasteiger partial charge in [0, 0.05) is 23.9 Å². The monoisotopic (exact) mass is 581 g/mol. The number of amides is 1. The number of alkyl halides is 3. The third-order valence-corrected chi connectivity index (χ3v) is 5.80. The van der Waals surface area contributed by atoms with Gasteiger partial charge in [-0.2, -0.15) is 18.2 Å². The number of hydrogen-bond donors (Lipinski definition) is 1. The second-order valence-electron chi connectivity index (χ2n) is 8.14. The molecule has 0 saturated heterocycles. The molecular weight excluding hydrogens is 565 g/mol. The van der Waals surface area contributed by atoms with E-state index in [9.17, 15) is 31.5 Å². The fourth-order valence-electron chi connectivity index (χ4n) is 3.68. The van der Waals surface area contributed by atoms with Crippen LogP contribution in [-0.4, -0.2) is 35.9 Å². The first kappa shape index (κ1) is 28.5. The first-order valence-corrected chi connectivity index (χ1v) is 11.5. The van der Waals surface area contributed by atoms with E-state index in [1.807, 2.05) is 5.32 Å². The maximum absolute atomic E-state index is 14.9. The van der Waals surface area contributed by atoms with E-state index in [2.05, 4.69) is 9.97 Å². The van der Waals surface area contributed by atoms with E-state index in [4.69, 9.17) is 25.8 Å². The topological polar surface area (TPSA) is 99.6 Å². The molecule has 0 spiro atoms. The SMILES string of the molecule is COc1cc2nc(C)nc(Oc3cc(F)c(C(=O)C(=O)Nc4ccc(Cl)c(C(F)(F)F)c4)c(F)c3)c2cc1OC. The summed E-state index contributed by atoms with van der Waals surface area (Å²) in [6.45, 7) is 1.56. The van der Waals surface area contributed by atoms with Crippen LogP contribution in [0.1, 0.15) is 21.7 Å². The minimum atomic E-state index is -4.85. The van der Waals surface area contributed by atoms with E-state index in [1.165, 1.54) is 20.3 Å². The molecule has 1 heterocycles. The molecule has 0 unspecified atom stereocenters. The van der Waals surface area contributed by atoms with E-state index in [-0.39, 0.29) is 11.7 Å². The average Bonchev–Trinajstić information content (AvgIpc) is 2.87. The molecule has 0 radical (unpaired) electrons. The van der Waals surface area contributed by atoms with Crippen LogP contribution in [0.25, 0.3) is 10.9 Å². The Morgan fingerprint density at radius 3 is 2.15 bits per heavy atom. The van der Waals surface area contributed by atoms with Gasteiger partial charge in [0.05, 0.1) is 41.3 Å². The molecule has 0 saturated carbocycles. The van der Waals surface area contributed by atoms with Gasteiger partial charge in [-0.1, -0.05) is 11.6 Å². The highest BCUT2D eigenvalue weighted by Crippen LogP contribution is 2.38. The Hall–Kier alpha value is -4.52. The second kappa shape index (κ2) is 10.9. The third-order valence-electron chi connectivity index (χ3n) is 5.47. The number of nitrogens with one attached hydrogen (secondary N) is 1. The summed E-state index contributed by atoms with van der Waals surface area (Å²) in [5.41, 5.74) is -2.61. The number of ether oxygens (including phenoxy) is 3. The summed E-state index contributed by atoms with van der Waals surface area (Å²) in [7, 11) is 2.83. The van der Waals surface area contributed by atoms with Crippen LogP contribution in [0.3, 0.4) is 0 Å². The number of carbonyl (C=O) groups excluding carboxylic acids is 2. The lowest BCUT2D eigenvalue weighted by molar-refractivity contribution is -0.137. The van der Waals surface area contributed by atoms with Gasteiger partial charge in [0.15, 0.2) is 11.5 Å². The predicted molar refractivity (Wildman–Crippen MR) is 133 cm³/mol. The van der Waals surface area contributed by atoms with Crippen molar-refractivity contribution in [2.24, 2.45) is 0 Å². The number of methoxy groups -OCH3 is 2. The van der Waals surface area contributed by atoms with Crippen molar-refractivity contribution in [2.45, 2.75) is 13.1 Å². The van der Waals surface area contributed by atoms with Gasteiger partial charge in [0.2, 0.25) is 5.88 Å². The number of aryl methyl sites for hydroxylation is 1. The molecule has 14 heteroatoms. The minimum Gasteiger partial charge on any atom is -0.493 e. The fraction of sp³-hybridized carbons (Fsp3) is 0.154. The number of aromatic nitrogens is 2. The Morgan fingerprint density at radius 1 is 0.925 bits per heavy atom. The number of Topliss-reactive ketones (excluding diaryl/α,β-unsaturated/α-hetero) is 1. The van der Waals surface area contributed by atoms with Crippen molar-refractivity contribution in [1.29, 1.82) is 0 Å². The van der Waals surface area contributed by atoms with E-state index in [1.54, 1.807) is 13.0 Å². The van der Waals surface area contributed by atoms with Crippen LogP contribution >= 0.6 is 11.6 Å². The summed E-state index contributed by atoms with van der Waals surface area (Å²) < 4.78 is 85.1. The van der Waals surface area contributed by atoms with Gasteiger partial charge in [-0.05, 0) is 31.2 Å². The molecule has 3 aromatic carbocycles. The molecule has 4 rings (SSSR count). The quantitative estimate of drug-likeness (QED) is 0.151. The highest BCUT2D eigenvalue weighted by atomic mass is 35.5. The Balaban J connectivity index is 1.63. The number of fused-ring (bicyclic) bond motifs is 1. The normalized spacial score (nSPS) is 11.3. The summed E-state index contributed by atoms with van der Waals surface area (Å²) in [5.74, 6) is -5.75. The van der Waals surface area contributed by atoms with Gasteiger partial charge in [-0.25, -0.2) is 13.8 Å². The highest BCUT2D eigenvalue weighted by Gasteiger charge is 2.34. The summed E-state index contributed by atoms with van der Waals surface area (Å²) >= 11 is 5.53. The molecule has 0 bridgehead atoms. The van der Waals surface area contributed by atoms with Crippen LogP contribution in [0.15, 0.2) is 42.5 Å². The number of carbonyl (C=O) groups is 2. The molecular formula is C26H17ClF5N3O5. The van der Waals surface area contributed by atoms with Crippen molar-refractivity contribution in [2.75, 3.05) is 19.5 Å². The minimum absolute atomic E-state index is 0.0951. The first-order valence-electron chi connectivity index (χ1n) is 11.1. The summed E-state index contributed by atoms with van der Waals surface area (Å²) in [5, 5.41) is 1.55. The lowest BCUT2D eigenvalue weighted by atomic mass is 10.1. The third kappa shape index (κ3) is 5.73. The molecule has 0 aliphatic heterocycles. The molecule has 0 aliphatic carbocycles. The molecule has 0 aliphatic rings. The molecule has 208 valence electrons. The van der Waals surface area contributed by atoms with Crippen molar-refractivity contribution in [3.05, 3.63) is 76.1 Å². The standard InChI is InChI=1S/C26H17ClF5N3O5/c1-11-33-19-10-21(39-3)20(38-2)9-14(19)25(34-11)40-13-7-17(28)22(18(29)8-13)23(36)24(37)35-12-4-5-16(27)15(6-12)26(30,31)32/h4-10H,1-3H3,(H,35,37). The van der Waals surface area contributed by atoms with Crippen molar-refractivity contribution < 1.29 is 45.8 Å². The maximum Gasteiger partial charge on any atom is 0.417 e. The highest BCUT2D eigenvalue weighted by molar-refractivity contribution is 6.46. The zero-order valence-corrected chi connectivity index (χ0v) is 21.5. The van der Waals surface area contributed by atoms with E-state index in [0.29, 0.717) is 40.6 Å². The molecule has 1 aromatic heterocycles. The number of hydrogen-bond acceptors (Lipinski definition) is 7. The van der Waals surface area contributed by atoms with Crippen LogP contribution in [0.5, 0.6) is 23.1 Å². The molecule has 0 fully saturated rings. The molecule has 4 aromatic rings. The first-order chi connectivity index (χ1) is 18.8. The summed E-state index contributed by atoms with van der Waals surface area (Å²) in [6, 6.07) is 6.67. The zero-order valence-electron chi connectivity index (χ0n) is 20.7. The summed E-state index contributed by atoms with van der Waals surface area (Å²) in [6.07, 6.45) is -4.85. The van der Waals surface area contributed by atoms with Gasteiger partial charge >= 0.3 is 6.18 Å². The predicted octanol–water partition coefficient (Wildman–Crippen LogP) is 6.52. The average molecular weight is 582 g/mol. The van der Waals surface area contributed by atoms with Crippen molar-refractivity contribution >= 4 is 39.9 Å². The van der Waals surface area contributed by atoms with Gasteiger partial charge in [-0.15, -0.1) is 0 Å². The number of rotatable bonds is 7. The van der Waals surface area contributed by atoms with Crippen LogP contribution < -0.4 is 19.5 Å². The van der Waals surface area contributed by atoms with E-state index < -0.39 is 57.1 Å². The maximum atomic E-state index is 14.9. The number of nitrogens with zero attached hydrogens (tertiary/aromatic N) is 2. The molecule has 0 atom stereocenters. The molecule has 40 heavy (non-hydrogen) atoms. The Labute approximate surface area is 227 Å². The zero-order chi connectivity index (χ0) is 29.4. The van der Waals surface area contributed by atoms with Gasteiger partial charge in [-0.3, -0.25) is 9.59 Å². The number of benzene rings is 3. The number of halogens is 6. The van der Waals surface area contributed by atoms with Crippen molar-refractivity contribution in [1.82, 2.24) is 9.97 Å². The van der Waals surface area contributed by atoms with Gasteiger partial charge in [0.1, 0.15) is 23.2 Å².